The Bertz CT molecular complexity index is 242. The molecule has 16 heavy (non-hydrogen) atoms. The standard InChI is InChI=1S/C8H12Cl4N2O2/c1-7(9,10)5(15)13-3-4-14-6(16)8(2,11)12/h3-4H2,1-2H3,(H,13,15)(H,14,16). The number of carbonyl (C=O) groups is 2. The molecule has 0 unspecified atom stereocenters. The smallest absolute Gasteiger partial charge is 0.256 e. The molecule has 0 aliphatic carbocycles. The first-order chi connectivity index (χ1) is 7.05. The van der Waals surface area contributed by atoms with Crippen LogP contribution in [0.5, 0.6) is 0 Å². The molecular weight excluding hydrogens is 298 g/mol. The van der Waals surface area contributed by atoms with E-state index in [1.807, 2.05) is 0 Å². The predicted molar refractivity (Wildman–Crippen MR) is 66.2 cm³/mol. The van der Waals surface area contributed by atoms with Gasteiger partial charge in [-0.05, 0) is 13.8 Å². The van der Waals surface area contributed by atoms with Crippen LogP contribution in [0.4, 0.5) is 0 Å². The van der Waals surface area contributed by atoms with Gasteiger partial charge in [-0.1, -0.05) is 46.4 Å². The summed E-state index contributed by atoms with van der Waals surface area (Å²) in [6, 6.07) is 0. The fraction of sp³-hybridized carbons (Fsp3) is 0.750. The summed E-state index contributed by atoms with van der Waals surface area (Å²) in [6.07, 6.45) is 0. The van der Waals surface area contributed by atoms with E-state index in [1.54, 1.807) is 0 Å². The van der Waals surface area contributed by atoms with Gasteiger partial charge >= 0.3 is 0 Å². The molecule has 0 radical (unpaired) electrons. The van der Waals surface area contributed by atoms with Crippen molar-refractivity contribution >= 4 is 58.2 Å². The molecular formula is C8H12Cl4N2O2. The van der Waals surface area contributed by atoms with E-state index >= 15 is 0 Å². The number of amides is 2. The average Bonchev–Trinajstić information content (AvgIpc) is 2.08. The lowest BCUT2D eigenvalue weighted by Gasteiger charge is -2.15. The SMILES string of the molecule is CC(Cl)(Cl)C(=O)NCCNC(=O)C(C)(Cl)Cl. The molecule has 2 N–H and O–H groups in total. The minimum absolute atomic E-state index is 0.184. The van der Waals surface area contributed by atoms with E-state index in [2.05, 4.69) is 10.6 Å². The zero-order valence-electron chi connectivity index (χ0n) is 8.74. The van der Waals surface area contributed by atoms with Gasteiger partial charge in [0.25, 0.3) is 11.8 Å². The van der Waals surface area contributed by atoms with Crippen molar-refractivity contribution in [3.05, 3.63) is 0 Å². The van der Waals surface area contributed by atoms with Crippen LogP contribution in [0.1, 0.15) is 13.8 Å². The number of hydrogen-bond acceptors (Lipinski definition) is 2. The van der Waals surface area contributed by atoms with E-state index in [0.29, 0.717) is 0 Å². The third-order valence-electron chi connectivity index (χ3n) is 1.49. The van der Waals surface area contributed by atoms with Gasteiger partial charge in [0, 0.05) is 13.1 Å². The summed E-state index contributed by atoms with van der Waals surface area (Å²) in [5.41, 5.74) is 0. The minimum Gasteiger partial charge on any atom is -0.352 e. The van der Waals surface area contributed by atoms with Crippen molar-refractivity contribution in [1.29, 1.82) is 0 Å². The molecule has 0 heterocycles. The molecule has 0 saturated carbocycles. The van der Waals surface area contributed by atoms with Gasteiger partial charge in [-0.3, -0.25) is 9.59 Å². The molecule has 8 heteroatoms. The van der Waals surface area contributed by atoms with Crippen LogP contribution < -0.4 is 10.6 Å². The molecule has 94 valence electrons. The highest BCUT2D eigenvalue weighted by molar-refractivity contribution is 6.58. The molecule has 0 aromatic carbocycles. The number of carbonyl (C=O) groups excluding carboxylic acids is 2. The van der Waals surface area contributed by atoms with Crippen LogP contribution in [0.15, 0.2) is 0 Å². The Hall–Kier alpha value is 0.1000. The van der Waals surface area contributed by atoms with Crippen LogP contribution in [-0.4, -0.2) is 33.6 Å². The van der Waals surface area contributed by atoms with Gasteiger partial charge in [0.1, 0.15) is 0 Å². The lowest BCUT2D eigenvalue weighted by atomic mass is 10.4. The Kier molecular flexibility index (Phi) is 6.18. The zero-order chi connectivity index (χ0) is 13.0. The molecule has 0 aromatic rings. The van der Waals surface area contributed by atoms with Crippen molar-refractivity contribution in [2.75, 3.05) is 13.1 Å². The molecule has 0 aliphatic heterocycles. The quantitative estimate of drug-likeness (QED) is 0.599. The highest BCUT2D eigenvalue weighted by Gasteiger charge is 2.28. The van der Waals surface area contributed by atoms with Crippen molar-refractivity contribution in [2.45, 2.75) is 22.5 Å². The maximum atomic E-state index is 11.2. The summed E-state index contributed by atoms with van der Waals surface area (Å²) in [5, 5.41) is 4.85. The van der Waals surface area contributed by atoms with Crippen LogP contribution in [0.3, 0.4) is 0 Å². The van der Waals surface area contributed by atoms with Gasteiger partial charge in [-0.2, -0.15) is 0 Å². The Balaban J connectivity index is 3.79. The van der Waals surface area contributed by atoms with Gasteiger partial charge in [-0.25, -0.2) is 0 Å². The maximum Gasteiger partial charge on any atom is 0.256 e. The van der Waals surface area contributed by atoms with Crippen LogP contribution in [0, 0.1) is 0 Å². The molecule has 0 bridgehead atoms. The summed E-state index contributed by atoms with van der Waals surface area (Å²) < 4.78 is -2.98. The van der Waals surface area contributed by atoms with Gasteiger partial charge < -0.3 is 10.6 Å². The molecule has 0 atom stereocenters. The fourth-order valence-electron chi connectivity index (χ4n) is 0.662. The second-order valence-electron chi connectivity index (χ2n) is 3.29. The number of hydrogen-bond donors (Lipinski definition) is 2. The van der Waals surface area contributed by atoms with Crippen molar-refractivity contribution in [3.8, 4) is 0 Å². The van der Waals surface area contributed by atoms with E-state index in [0.717, 1.165) is 0 Å². The number of halogens is 4. The average molecular weight is 310 g/mol. The maximum absolute atomic E-state index is 11.2. The number of rotatable bonds is 5. The molecule has 0 rings (SSSR count). The van der Waals surface area contributed by atoms with E-state index in [4.69, 9.17) is 46.4 Å². The summed E-state index contributed by atoms with van der Waals surface area (Å²) in [6.45, 7) is 3.06. The van der Waals surface area contributed by atoms with E-state index < -0.39 is 20.5 Å². The molecule has 2 amide bonds. The highest BCUT2D eigenvalue weighted by Crippen LogP contribution is 2.19. The normalized spacial score (nSPS) is 12.1. The Morgan fingerprint density at radius 3 is 1.31 bits per heavy atom. The second-order valence-corrected chi connectivity index (χ2v) is 6.70. The van der Waals surface area contributed by atoms with Crippen molar-refractivity contribution in [2.24, 2.45) is 0 Å². The molecule has 4 nitrogen and oxygen atoms in total. The monoisotopic (exact) mass is 308 g/mol. The van der Waals surface area contributed by atoms with Crippen molar-refractivity contribution < 1.29 is 9.59 Å². The molecule has 0 spiro atoms. The third-order valence-corrected chi connectivity index (χ3v) is 2.18. The first kappa shape index (κ1) is 16.1. The largest absolute Gasteiger partial charge is 0.352 e. The molecule has 0 aliphatic rings. The topological polar surface area (TPSA) is 58.2 Å². The fourth-order valence-corrected chi connectivity index (χ4v) is 0.930. The molecule has 0 aromatic heterocycles. The summed E-state index contributed by atoms with van der Waals surface area (Å²) in [7, 11) is 0. The van der Waals surface area contributed by atoms with E-state index in [9.17, 15) is 9.59 Å². The number of alkyl halides is 4. The number of nitrogens with one attached hydrogen (secondary N) is 2. The van der Waals surface area contributed by atoms with Crippen LogP contribution in [0.25, 0.3) is 0 Å². The second kappa shape index (κ2) is 6.15. The third kappa shape index (κ3) is 6.63. The first-order valence-electron chi connectivity index (χ1n) is 4.37. The van der Waals surface area contributed by atoms with E-state index in [-0.39, 0.29) is 13.1 Å². The van der Waals surface area contributed by atoms with Crippen LogP contribution >= 0.6 is 46.4 Å². The van der Waals surface area contributed by atoms with Gasteiger partial charge in [-0.15, -0.1) is 0 Å². The summed E-state index contributed by atoms with van der Waals surface area (Å²) in [5.74, 6) is -1.07. The Labute approximate surface area is 114 Å². The van der Waals surface area contributed by atoms with Crippen LogP contribution in [-0.2, 0) is 9.59 Å². The Morgan fingerprint density at radius 1 is 0.875 bits per heavy atom. The van der Waals surface area contributed by atoms with Crippen molar-refractivity contribution in [3.63, 3.8) is 0 Å². The van der Waals surface area contributed by atoms with Gasteiger partial charge in [0.05, 0.1) is 0 Å². The van der Waals surface area contributed by atoms with Crippen LogP contribution in [0.2, 0.25) is 0 Å². The molecule has 0 fully saturated rings. The van der Waals surface area contributed by atoms with E-state index in [1.165, 1.54) is 13.8 Å². The van der Waals surface area contributed by atoms with Gasteiger partial charge in [0.15, 0.2) is 8.67 Å². The zero-order valence-corrected chi connectivity index (χ0v) is 11.8. The predicted octanol–water partition coefficient (Wildman–Crippen LogP) is 1.61. The Morgan fingerprint density at radius 2 is 1.12 bits per heavy atom. The molecule has 0 saturated heterocycles. The summed E-state index contributed by atoms with van der Waals surface area (Å²) in [4.78, 5) is 22.3. The lowest BCUT2D eigenvalue weighted by molar-refractivity contribution is -0.123. The van der Waals surface area contributed by atoms with Gasteiger partial charge in [0.2, 0.25) is 0 Å². The lowest BCUT2D eigenvalue weighted by Crippen LogP contribution is -2.43. The highest BCUT2D eigenvalue weighted by atomic mass is 35.5. The first-order valence-corrected chi connectivity index (χ1v) is 5.88. The summed E-state index contributed by atoms with van der Waals surface area (Å²) >= 11 is 22.1. The minimum atomic E-state index is -1.49. The van der Waals surface area contributed by atoms with Crippen molar-refractivity contribution in [1.82, 2.24) is 10.6 Å².